The van der Waals surface area contributed by atoms with E-state index in [2.05, 4.69) is 22.4 Å². The van der Waals surface area contributed by atoms with Crippen molar-refractivity contribution >= 4 is 11.6 Å². The van der Waals surface area contributed by atoms with E-state index in [9.17, 15) is 4.79 Å². The van der Waals surface area contributed by atoms with Crippen LogP contribution in [0.2, 0.25) is 0 Å². The molecule has 1 heterocycles. The molecule has 0 spiro atoms. The van der Waals surface area contributed by atoms with Crippen LogP contribution in [0.25, 0.3) is 0 Å². The average Bonchev–Trinajstić information content (AvgIpc) is 2.66. The molecule has 1 aromatic rings. The molecule has 0 radical (unpaired) electrons. The first-order chi connectivity index (χ1) is 9.49. The van der Waals surface area contributed by atoms with Crippen molar-refractivity contribution in [2.24, 2.45) is 5.92 Å². The Morgan fingerprint density at radius 2 is 2.10 bits per heavy atom. The second kappa shape index (κ2) is 6.29. The number of nitrogens with one attached hydrogen (secondary N) is 2. The van der Waals surface area contributed by atoms with Crippen molar-refractivity contribution in [3.8, 4) is 0 Å². The highest BCUT2D eigenvalue weighted by molar-refractivity contribution is 5.97. The van der Waals surface area contributed by atoms with Crippen LogP contribution in [0.15, 0.2) is 0 Å². The zero-order valence-electron chi connectivity index (χ0n) is 12.7. The molecule has 0 saturated heterocycles. The number of carbonyl (C=O) groups is 1. The molecule has 1 amide bonds. The molecule has 20 heavy (non-hydrogen) atoms. The summed E-state index contributed by atoms with van der Waals surface area (Å²) in [6, 6.07) is 0.256. The standard InChI is InChI=1S/C15H26N4O/c1-9(2)13-12(16)14(19-18-13)15(20)17-11-6-4-5-10(3)7-8-11/h9-11H,4-8,16H2,1-3H3,(H,17,20)(H,18,19). The topological polar surface area (TPSA) is 83.8 Å². The normalized spacial score (nSPS) is 23.6. The monoisotopic (exact) mass is 278 g/mol. The molecule has 2 rings (SSSR count). The van der Waals surface area contributed by atoms with Gasteiger partial charge in [-0.1, -0.05) is 33.6 Å². The zero-order chi connectivity index (χ0) is 14.7. The predicted molar refractivity (Wildman–Crippen MR) is 80.6 cm³/mol. The van der Waals surface area contributed by atoms with E-state index in [1.54, 1.807) is 0 Å². The molecule has 0 aliphatic heterocycles. The lowest BCUT2D eigenvalue weighted by Crippen LogP contribution is -2.35. The molecule has 4 N–H and O–H groups in total. The number of amides is 1. The summed E-state index contributed by atoms with van der Waals surface area (Å²) in [5, 5.41) is 10.0. The molecule has 1 aromatic heterocycles. The molecular weight excluding hydrogens is 252 g/mol. The van der Waals surface area contributed by atoms with Crippen LogP contribution in [0, 0.1) is 5.92 Å². The zero-order valence-corrected chi connectivity index (χ0v) is 12.7. The SMILES string of the molecule is CC1CCCC(NC(=O)c2n[nH]c(C(C)C)c2N)CC1. The molecular formula is C15H26N4O. The smallest absolute Gasteiger partial charge is 0.274 e. The minimum absolute atomic E-state index is 0.148. The quantitative estimate of drug-likeness (QED) is 0.743. The van der Waals surface area contributed by atoms with Gasteiger partial charge in [0.15, 0.2) is 5.69 Å². The van der Waals surface area contributed by atoms with Crippen LogP contribution in [0.5, 0.6) is 0 Å². The number of rotatable bonds is 3. The lowest BCUT2D eigenvalue weighted by atomic mass is 10.0. The van der Waals surface area contributed by atoms with Crippen molar-refractivity contribution in [2.75, 3.05) is 5.73 Å². The number of nitrogens with zero attached hydrogens (tertiary/aromatic N) is 1. The third-order valence-corrected chi connectivity index (χ3v) is 4.22. The van der Waals surface area contributed by atoms with Crippen LogP contribution >= 0.6 is 0 Å². The second-order valence-electron chi connectivity index (χ2n) is 6.34. The van der Waals surface area contributed by atoms with Gasteiger partial charge in [0.25, 0.3) is 5.91 Å². The third-order valence-electron chi connectivity index (χ3n) is 4.22. The molecule has 2 unspecified atom stereocenters. The van der Waals surface area contributed by atoms with E-state index in [0.717, 1.165) is 24.5 Å². The van der Waals surface area contributed by atoms with Gasteiger partial charge in [-0.3, -0.25) is 9.89 Å². The molecule has 1 fully saturated rings. The average molecular weight is 278 g/mol. The van der Waals surface area contributed by atoms with Gasteiger partial charge in [-0.2, -0.15) is 5.10 Å². The van der Waals surface area contributed by atoms with Gasteiger partial charge in [0.1, 0.15) is 0 Å². The van der Waals surface area contributed by atoms with Crippen LogP contribution in [-0.2, 0) is 0 Å². The van der Waals surface area contributed by atoms with Crippen molar-refractivity contribution in [1.82, 2.24) is 15.5 Å². The van der Waals surface area contributed by atoms with Gasteiger partial charge in [-0.25, -0.2) is 0 Å². The Labute approximate surface area is 120 Å². The van der Waals surface area contributed by atoms with E-state index in [0.29, 0.717) is 11.4 Å². The molecule has 0 bridgehead atoms. The number of carbonyl (C=O) groups excluding carboxylic acids is 1. The fourth-order valence-electron chi connectivity index (χ4n) is 2.86. The first kappa shape index (κ1) is 14.9. The number of anilines is 1. The Bertz CT molecular complexity index is 466. The Balaban J connectivity index is 2.01. The van der Waals surface area contributed by atoms with Crippen LogP contribution in [0.3, 0.4) is 0 Å². The summed E-state index contributed by atoms with van der Waals surface area (Å²) in [5.41, 5.74) is 7.67. The Hall–Kier alpha value is -1.52. The Morgan fingerprint density at radius 1 is 1.35 bits per heavy atom. The number of H-pyrrole nitrogens is 1. The maximum Gasteiger partial charge on any atom is 0.274 e. The van der Waals surface area contributed by atoms with Gasteiger partial charge in [-0.15, -0.1) is 0 Å². The number of hydrogen-bond donors (Lipinski definition) is 3. The molecule has 0 aromatic carbocycles. The summed E-state index contributed by atoms with van der Waals surface area (Å²) < 4.78 is 0. The van der Waals surface area contributed by atoms with E-state index >= 15 is 0 Å². The van der Waals surface area contributed by atoms with Crippen molar-refractivity contribution in [3.63, 3.8) is 0 Å². The third kappa shape index (κ3) is 3.32. The van der Waals surface area contributed by atoms with E-state index in [1.165, 1.54) is 19.3 Å². The first-order valence-corrected chi connectivity index (χ1v) is 7.63. The number of nitrogen functional groups attached to an aromatic ring is 1. The summed E-state index contributed by atoms with van der Waals surface area (Å²) >= 11 is 0. The minimum Gasteiger partial charge on any atom is -0.395 e. The molecule has 5 heteroatoms. The van der Waals surface area contributed by atoms with E-state index in [-0.39, 0.29) is 17.9 Å². The Morgan fingerprint density at radius 3 is 2.75 bits per heavy atom. The van der Waals surface area contributed by atoms with Gasteiger partial charge in [0.05, 0.1) is 11.4 Å². The molecule has 2 atom stereocenters. The van der Waals surface area contributed by atoms with Gasteiger partial charge >= 0.3 is 0 Å². The number of nitrogens with two attached hydrogens (primary N) is 1. The number of hydrogen-bond acceptors (Lipinski definition) is 3. The summed E-state index contributed by atoms with van der Waals surface area (Å²) in [7, 11) is 0. The summed E-state index contributed by atoms with van der Waals surface area (Å²) in [4.78, 5) is 12.3. The summed E-state index contributed by atoms with van der Waals surface area (Å²) in [5.74, 6) is 0.855. The fraction of sp³-hybridized carbons (Fsp3) is 0.733. The summed E-state index contributed by atoms with van der Waals surface area (Å²) in [6.45, 7) is 6.33. The molecule has 5 nitrogen and oxygen atoms in total. The Kier molecular flexibility index (Phi) is 4.68. The largest absolute Gasteiger partial charge is 0.395 e. The molecule has 112 valence electrons. The van der Waals surface area contributed by atoms with Crippen molar-refractivity contribution in [1.29, 1.82) is 0 Å². The fourth-order valence-corrected chi connectivity index (χ4v) is 2.86. The highest BCUT2D eigenvalue weighted by Gasteiger charge is 2.23. The number of aromatic nitrogens is 2. The first-order valence-electron chi connectivity index (χ1n) is 7.63. The van der Waals surface area contributed by atoms with Crippen LogP contribution in [0.1, 0.15) is 75.0 Å². The predicted octanol–water partition coefficient (Wildman–Crippen LogP) is 2.81. The molecule has 1 aliphatic rings. The maximum absolute atomic E-state index is 12.3. The highest BCUT2D eigenvalue weighted by Crippen LogP contribution is 2.24. The maximum atomic E-state index is 12.3. The van der Waals surface area contributed by atoms with E-state index in [4.69, 9.17) is 5.73 Å². The van der Waals surface area contributed by atoms with Gasteiger partial charge in [0, 0.05) is 6.04 Å². The van der Waals surface area contributed by atoms with Crippen molar-refractivity contribution in [3.05, 3.63) is 11.4 Å². The minimum atomic E-state index is -0.148. The van der Waals surface area contributed by atoms with E-state index in [1.807, 2.05) is 13.8 Å². The van der Waals surface area contributed by atoms with Crippen LogP contribution in [-0.4, -0.2) is 22.1 Å². The van der Waals surface area contributed by atoms with Crippen molar-refractivity contribution in [2.45, 2.75) is 64.8 Å². The summed E-state index contributed by atoms with van der Waals surface area (Å²) in [6.07, 6.45) is 5.72. The van der Waals surface area contributed by atoms with Crippen molar-refractivity contribution < 1.29 is 4.79 Å². The van der Waals surface area contributed by atoms with Crippen LogP contribution < -0.4 is 11.1 Å². The van der Waals surface area contributed by atoms with Crippen LogP contribution in [0.4, 0.5) is 5.69 Å². The molecule has 1 aliphatic carbocycles. The number of aromatic amines is 1. The lowest BCUT2D eigenvalue weighted by Gasteiger charge is -2.15. The van der Waals surface area contributed by atoms with E-state index < -0.39 is 0 Å². The highest BCUT2D eigenvalue weighted by atomic mass is 16.2. The second-order valence-corrected chi connectivity index (χ2v) is 6.34. The molecule has 1 saturated carbocycles. The lowest BCUT2D eigenvalue weighted by molar-refractivity contribution is 0.0929. The van der Waals surface area contributed by atoms with Gasteiger partial charge in [-0.05, 0) is 31.1 Å². The van der Waals surface area contributed by atoms with Gasteiger partial charge < -0.3 is 11.1 Å². The van der Waals surface area contributed by atoms with Gasteiger partial charge in [0.2, 0.25) is 0 Å².